The van der Waals surface area contributed by atoms with Crippen LogP contribution in [0, 0.1) is 0 Å². The number of hydrogen-bond donors (Lipinski definition) is 2. The molecule has 27 heavy (non-hydrogen) atoms. The van der Waals surface area contributed by atoms with Crippen molar-refractivity contribution in [2.45, 2.75) is 61.1 Å². The fourth-order valence-electron chi connectivity index (χ4n) is 3.76. The number of benzene rings is 1. The lowest BCUT2D eigenvalue weighted by Gasteiger charge is -2.52. The van der Waals surface area contributed by atoms with E-state index in [2.05, 4.69) is 5.32 Å². The molecule has 1 saturated carbocycles. The molecule has 1 aliphatic carbocycles. The van der Waals surface area contributed by atoms with Crippen molar-refractivity contribution < 1.29 is 24.2 Å². The van der Waals surface area contributed by atoms with Crippen LogP contribution >= 0.6 is 11.8 Å². The standard InChI is InChI=1S/C19H22N2O5S/c1-18(2)14(15(23)24)21-16(25)19(17(21)27-18,26-12-8-9-12)20-13(22)10-11-6-4-3-5-7-11/h3-7,12,14,17H,8-10H2,1-2H3,(H,20,22)(H,23,24)/t14-,17+,19?/m0/s1. The average Bonchev–Trinajstić information content (AvgIpc) is 3.36. The molecule has 3 fully saturated rings. The minimum absolute atomic E-state index is 0.0688. The molecule has 3 atom stereocenters. The lowest BCUT2D eigenvalue weighted by Crippen LogP contribution is -2.80. The van der Waals surface area contributed by atoms with Gasteiger partial charge in [0.1, 0.15) is 11.4 Å². The molecule has 2 heterocycles. The van der Waals surface area contributed by atoms with E-state index in [-0.39, 0.29) is 18.4 Å². The smallest absolute Gasteiger partial charge is 0.327 e. The van der Waals surface area contributed by atoms with Gasteiger partial charge in [-0.2, -0.15) is 0 Å². The predicted molar refractivity (Wildman–Crippen MR) is 98.9 cm³/mol. The van der Waals surface area contributed by atoms with Gasteiger partial charge in [-0.05, 0) is 32.3 Å². The number of carbonyl (C=O) groups excluding carboxylic acids is 2. The molecule has 0 bridgehead atoms. The highest BCUT2D eigenvalue weighted by molar-refractivity contribution is 8.01. The van der Waals surface area contributed by atoms with Gasteiger partial charge in [-0.3, -0.25) is 9.59 Å². The Balaban J connectivity index is 1.58. The quantitative estimate of drug-likeness (QED) is 0.563. The molecule has 0 radical (unpaired) electrons. The number of hydrogen-bond acceptors (Lipinski definition) is 5. The van der Waals surface area contributed by atoms with Gasteiger partial charge in [-0.15, -0.1) is 11.8 Å². The Morgan fingerprint density at radius 2 is 1.96 bits per heavy atom. The second kappa shape index (κ2) is 6.24. The maximum Gasteiger partial charge on any atom is 0.327 e. The summed E-state index contributed by atoms with van der Waals surface area (Å²) in [7, 11) is 0. The third-order valence-electron chi connectivity index (χ3n) is 5.15. The van der Waals surface area contributed by atoms with Crippen molar-refractivity contribution in [2.24, 2.45) is 0 Å². The first-order valence-electron chi connectivity index (χ1n) is 9.01. The minimum Gasteiger partial charge on any atom is -0.480 e. The fraction of sp³-hybridized carbons (Fsp3) is 0.526. The van der Waals surface area contributed by atoms with E-state index in [4.69, 9.17) is 4.74 Å². The Labute approximate surface area is 161 Å². The molecule has 3 aliphatic rings. The monoisotopic (exact) mass is 390 g/mol. The van der Waals surface area contributed by atoms with Gasteiger partial charge in [-0.25, -0.2) is 4.79 Å². The number of fused-ring (bicyclic) bond motifs is 1. The van der Waals surface area contributed by atoms with Crippen LogP contribution in [0.3, 0.4) is 0 Å². The molecular weight excluding hydrogens is 368 g/mol. The predicted octanol–water partition coefficient (Wildman–Crippen LogP) is 1.37. The van der Waals surface area contributed by atoms with Crippen LogP contribution in [0.1, 0.15) is 32.3 Å². The highest BCUT2D eigenvalue weighted by Gasteiger charge is 2.74. The largest absolute Gasteiger partial charge is 0.480 e. The van der Waals surface area contributed by atoms with E-state index in [0.717, 1.165) is 18.4 Å². The molecule has 2 amide bonds. The number of carboxylic acid groups (broad SMARTS) is 1. The molecule has 7 nitrogen and oxygen atoms in total. The summed E-state index contributed by atoms with van der Waals surface area (Å²) >= 11 is 1.37. The third-order valence-corrected chi connectivity index (χ3v) is 6.76. The van der Waals surface area contributed by atoms with Gasteiger partial charge in [0.25, 0.3) is 11.6 Å². The molecule has 0 aromatic heterocycles. The van der Waals surface area contributed by atoms with Gasteiger partial charge in [0, 0.05) is 4.75 Å². The molecule has 2 saturated heterocycles. The first kappa shape index (κ1) is 18.3. The second-order valence-corrected chi connectivity index (χ2v) is 9.52. The second-order valence-electron chi connectivity index (χ2n) is 7.79. The van der Waals surface area contributed by atoms with Crippen LogP contribution in [-0.4, -0.2) is 55.8 Å². The number of carboxylic acids is 1. The molecule has 1 aromatic carbocycles. The van der Waals surface area contributed by atoms with Crippen molar-refractivity contribution in [1.29, 1.82) is 0 Å². The van der Waals surface area contributed by atoms with Crippen molar-refractivity contribution in [3.63, 3.8) is 0 Å². The summed E-state index contributed by atoms with van der Waals surface area (Å²) in [5.74, 6) is -1.82. The summed E-state index contributed by atoms with van der Waals surface area (Å²) < 4.78 is 5.33. The first-order chi connectivity index (χ1) is 12.7. The zero-order valence-electron chi connectivity index (χ0n) is 15.2. The Bertz CT molecular complexity index is 795. The minimum atomic E-state index is -1.47. The number of thioether (sulfide) groups is 1. The molecule has 144 valence electrons. The van der Waals surface area contributed by atoms with Gasteiger partial charge in [-0.1, -0.05) is 30.3 Å². The number of nitrogens with zero attached hydrogens (tertiary/aromatic N) is 1. The number of β-lactam (4-membered cyclic amide) rings is 1. The van der Waals surface area contributed by atoms with Crippen molar-refractivity contribution >= 4 is 29.5 Å². The van der Waals surface area contributed by atoms with Gasteiger partial charge < -0.3 is 20.1 Å². The molecule has 1 unspecified atom stereocenters. The maximum absolute atomic E-state index is 13.0. The number of amides is 2. The van der Waals surface area contributed by atoms with E-state index in [1.807, 2.05) is 30.3 Å². The summed E-state index contributed by atoms with van der Waals surface area (Å²) in [5.41, 5.74) is -0.637. The third kappa shape index (κ3) is 3.00. The molecule has 0 spiro atoms. The summed E-state index contributed by atoms with van der Waals surface area (Å²) in [6, 6.07) is 8.31. The van der Waals surface area contributed by atoms with E-state index in [9.17, 15) is 19.5 Å². The molecule has 2 N–H and O–H groups in total. The molecule has 2 aliphatic heterocycles. The van der Waals surface area contributed by atoms with Crippen molar-refractivity contribution in [3.8, 4) is 0 Å². The van der Waals surface area contributed by atoms with E-state index in [0.29, 0.717) is 0 Å². The zero-order chi connectivity index (χ0) is 19.4. The van der Waals surface area contributed by atoms with Gasteiger partial charge >= 0.3 is 5.97 Å². The Morgan fingerprint density at radius 3 is 2.56 bits per heavy atom. The Morgan fingerprint density at radius 1 is 1.30 bits per heavy atom. The van der Waals surface area contributed by atoms with Crippen molar-refractivity contribution in [1.82, 2.24) is 10.2 Å². The number of aliphatic carboxylic acids is 1. The lowest BCUT2D eigenvalue weighted by molar-refractivity contribution is -0.209. The SMILES string of the molecule is CC1(C)S[C@H]2N(C(=O)C2(NC(=O)Cc2ccccc2)OC2CC2)[C@H]1C(=O)O. The lowest BCUT2D eigenvalue weighted by atomic mass is 9.93. The Kier molecular flexibility index (Phi) is 4.23. The zero-order valence-corrected chi connectivity index (χ0v) is 16.0. The van der Waals surface area contributed by atoms with Gasteiger partial charge in [0.15, 0.2) is 0 Å². The highest BCUT2D eigenvalue weighted by atomic mass is 32.2. The fourth-order valence-corrected chi connectivity index (χ4v) is 5.40. The van der Waals surface area contributed by atoms with Gasteiger partial charge in [0.2, 0.25) is 5.91 Å². The van der Waals surface area contributed by atoms with E-state index >= 15 is 0 Å². The highest BCUT2D eigenvalue weighted by Crippen LogP contribution is 2.56. The van der Waals surface area contributed by atoms with Crippen LogP contribution in [-0.2, 0) is 25.5 Å². The number of ether oxygens (including phenoxy) is 1. The molecular formula is C19H22N2O5S. The Hall–Kier alpha value is -2.06. The van der Waals surface area contributed by atoms with Crippen LogP contribution in [0.25, 0.3) is 0 Å². The molecule has 4 rings (SSSR count). The summed E-state index contributed by atoms with van der Waals surface area (Å²) in [4.78, 5) is 38.7. The normalized spacial score (nSPS) is 31.2. The molecule has 8 heteroatoms. The number of carbonyl (C=O) groups is 3. The number of rotatable bonds is 6. The van der Waals surface area contributed by atoms with Crippen LogP contribution in [0.15, 0.2) is 30.3 Å². The summed E-state index contributed by atoms with van der Waals surface area (Å²) in [6.45, 7) is 3.60. The molecule has 1 aromatic rings. The topological polar surface area (TPSA) is 95.9 Å². The van der Waals surface area contributed by atoms with Gasteiger partial charge in [0.05, 0.1) is 12.5 Å². The van der Waals surface area contributed by atoms with Crippen molar-refractivity contribution in [3.05, 3.63) is 35.9 Å². The maximum atomic E-state index is 13.0. The summed E-state index contributed by atoms with van der Waals surface area (Å²) in [5, 5.41) is 11.9. The van der Waals surface area contributed by atoms with E-state index < -0.39 is 33.8 Å². The van der Waals surface area contributed by atoms with Crippen LogP contribution in [0.5, 0.6) is 0 Å². The van der Waals surface area contributed by atoms with Crippen molar-refractivity contribution in [2.75, 3.05) is 0 Å². The summed E-state index contributed by atoms with van der Waals surface area (Å²) in [6.07, 6.45) is 1.74. The van der Waals surface area contributed by atoms with Crippen LogP contribution in [0.2, 0.25) is 0 Å². The van der Waals surface area contributed by atoms with Crippen LogP contribution < -0.4 is 5.32 Å². The van der Waals surface area contributed by atoms with Crippen LogP contribution in [0.4, 0.5) is 0 Å². The first-order valence-corrected chi connectivity index (χ1v) is 9.89. The average molecular weight is 390 g/mol. The number of nitrogens with one attached hydrogen (secondary N) is 1. The van der Waals surface area contributed by atoms with E-state index in [1.165, 1.54) is 16.7 Å². The van der Waals surface area contributed by atoms with E-state index in [1.54, 1.807) is 13.8 Å².